The second kappa shape index (κ2) is 7.52. The number of aliphatic carboxylic acids is 1. The molecule has 26 heavy (non-hydrogen) atoms. The summed E-state index contributed by atoms with van der Waals surface area (Å²) in [5.74, 6) is 0.364. The highest BCUT2D eigenvalue weighted by Gasteiger charge is 2.08. The Hall–Kier alpha value is -3.61. The summed E-state index contributed by atoms with van der Waals surface area (Å²) in [4.78, 5) is 19.1. The van der Waals surface area contributed by atoms with Gasteiger partial charge in [-0.3, -0.25) is 0 Å². The maximum absolute atomic E-state index is 10.5. The van der Waals surface area contributed by atoms with Crippen LogP contribution in [0.5, 0.6) is 11.5 Å². The van der Waals surface area contributed by atoms with Gasteiger partial charge in [0.05, 0.1) is 18.5 Å². The summed E-state index contributed by atoms with van der Waals surface area (Å²) in [5, 5.41) is 8.65. The Morgan fingerprint density at radius 3 is 1.92 bits per heavy atom. The summed E-state index contributed by atoms with van der Waals surface area (Å²) >= 11 is 0. The number of benzene rings is 2. The molecule has 0 bridgehead atoms. The molecular formula is C19H17N3O4. The lowest BCUT2D eigenvalue weighted by atomic mass is 10.1. The Kier molecular flexibility index (Phi) is 4.98. The number of carboxylic acid groups (broad SMARTS) is 1. The third-order valence-electron chi connectivity index (χ3n) is 3.64. The Labute approximate surface area is 150 Å². The molecule has 3 N–H and O–H groups in total. The van der Waals surface area contributed by atoms with E-state index in [0.717, 1.165) is 16.9 Å². The van der Waals surface area contributed by atoms with Crippen LogP contribution < -0.4 is 15.2 Å². The van der Waals surface area contributed by atoms with Gasteiger partial charge in [-0.1, -0.05) is 0 Å². The maximum Gasteiger partial charge on any atom is 0.341 e. The van der Waals surface area contributed by atoms with Gasteiger partial charge in [-0.25, -0.2) is 14.8 Å². The van der Waals surface area contributed by atoms with Gasteiger partial charge >= 0.3 is 5.97 Å². The number of ether oxygens (including phenoxy) is 2. The predicted octanol–water partition coefficient (Wildman–Crippen LogP) is 2.86. The first kappa shape index (κ1) is 17.2. The number of nitrogens with two attached hydrogens (primary N) is 1. The minimum atomic E-state index is -1.03. The number of methoxy groups -OCH3 is 1. The molecule has 0 spiro atoms. The molecule has 1 aromatic heterocycles. The SMILES string of the molecule is COc1ccc(-c2cc(-c3ccc(OCC(=O)O)cc3)nc(N)n2)cc1. The average Bonchev–Trinajstić information content (AvgIpc) is 2.66. The molecule has 0 aliphatic heterocycles. The van der Waals surface area contributed by atoms with Crippen molar-refractivity contribution in [2.75, 3.05) is 19.5 Å². The lowest BCUT2D eigenvalue weighted by Crippen LogP contribution is -2.09. The van der Waals surface area contributed by atoms with Crippen LogP contribution in [0, 0.1) is 0 Å². The molecule has 0 saturated carbocycles. The molecule has 0 amide bonds. The van der Waals surface area contributed by atoms with Crippen molar-refractivity contribution in [3.05, 3.63) is 54.6 Å². The van der Waals surface area contributed by atoms with Crippen LogP contribution in [-0.2, 0) is 4.79 Å². The van der Waals surface area contributed by atoms with Gasteiger partial charge in [-0.2, -0.15) is 0 Å². The second-order valence-corrected chi connectivity index (χ2v) is 5.43. The fourth-order valence-electron chi connectivity index (χ4n) is 2.39. The van der Waals surface area contributed by atoms with Crippen LogP contribution in [0.15, 0.2) is 54.6 Å². The van der Waals surface area contributed by atoms with Crippen LogP contribution in [0.1, 0.15) is 0 Å². The molecule has 132 valence electrons. The van der Waals surface area contributed by atoms with Gasteiger partial charge in [0.25, 0.3) is 0 Å². The van der Waals surface area contributed by atoms with Gasteiger partial charge in [-0.15, -0.1) is 0 Å². The topological polar surface area (TPSA) is 108 Å². The van der Waals surface area contributed by atoms with E-state index in [2.05, 4.69) is 9.97 Å². The first-order valence-corrected chi connectivity index (χ1v) is 7.79. The largest absolute Gasteiger partial charge is 0.497 e. The molecule has 3 rings (SSSR count). The van der Waals surface area contributed by atoms with Crippen molar-refractivity contribution in [1.29, 1.82) is 0 Å². The summed E-state index contributed by atoms with van der Waals surface area (Å²) in [6, 6.07) is 16.3. The van der Waals surface area contributed by atoms with Crippen LogP contribution in [0.25, 0.3) is 22.5 Å². The van der Waals surface area contributed by atoms with Crippen LogP contribution in [0.2, 0.25) is 0 Å². The molecule has 0 aliphatic carbocycles. The monoisotopic (exact) mass is 351 g/mol. The molecule has 0 fully saturated rings. The quantitative estimate of drug-likeness (QED) is 0.703. The van der Waals surface area contributed by atoms with E-state index in [0.29, 0.717) is 17.1 Å². The van der Waals surface area contributed by atoms with Gasteiger partial charge < -0.3 is 20.3 Å². The molecule has 0 unspecified atom stereocenters. The molecule has 3 aromatic rings. The summed E-state index contributed by atoms with van der Waals surface area (Å²) in [7, 11) is 1.61. The lowest BCUT2D eigenvalue weighted by Gasteiger charge is -2.08. The third kappa shape index (κ3) is 4.07. The minimum Gasteiger partial charge on any atom is -0.497 e. The van der Waals surface area contributed by atoms with Crippen molar-refractivity contribution in [2.45, 2.75) is 0 Å². The van der Waals surface area contributed by atoms with Crippen LogP contribution in [0.3, 0.4) is 0 Å². The molecule has 7 nitrogen and oxygen atoms in total. The lowest BCUT2D eigenvalue weighted by molar-refractivity contribution is -0.139. The normalized spacial score (nSPS) is 10.3. The first-order valence-electron chi connectivity index (χ1n) is 7.79. The van der Waals surface area contributed by atoms with E-state index < -0.39 is 5.97 Å². The van der Waals surface area contributed by atoms with E-state index in [-0.39, 0.29) is 12.6 Å². The van der Waals surface area contributed by atoms with E-state index in [4.69, 9.17) is 20.3 Å². The fourth-order valence-corrected chi connectivity index (χ4v) is 2.39. The zero-order chi connectivity index (χ0) is 18.5. The molecule has 1 heterocycles. The first-order chi connectivity index (χ1) is 12.5. The van der Waals surface area contributed by atoms with E-state index in [9.17, 15) is 4.79 Å². The number of hydrogen-bond donors (Lipinski definition) is 2. The number of aromatic nitrogens is 2. The number of rotatable bonds is 6. The Bertz CT molecular complexity index is 909. The summed E-state index contributed by atoms with van der Waals surface area (Å²) in [6.07, 6.45) is 0. The van der Waals surface area contributed by atoms with E-state index in [1.54, 1.807) is 31.4 Å². The van der Waals surface area contributed by atoms with E-state index in [1.807, 2.05) is 30.3 Å². The molecule has 0 saturated heterocycles. The fraction of sp³-hybridized carbons (Fsp3) is 0.105. The van der Waals surface area contributed by atoms with Gasteiger partial charge in [0.2, 0.25) is 5.95 Å². The van der Waals surface area contributed by atoms with Crippen LogP contribution in [0.4, 0.5) is 5.95 Å². The average molecular weight is 351 g/mol. The van der Waals surface area contributed by atoms with Crippen molar-refractivity contribution >= 4 is 11.9 Å². The Balaban J connectivity index is 1.88. The van der Waals surface area contributed by atoms with Crippen molar-refractivity contribution in [2.24, 2.45) is 0 Å². The number of nitrogen functional groups attached to an aromatic ring is 1. The highest BCUT2D eigenvalue weighted by atomic mass is 16.5. The van der Waals surface area contributed by atoms with Crippen LogP contribution >= 0.6 is 0 Å². The summed E-state index contributed by atoms with van der Waals surface area (Å²) in [6.45, 7) is -0.387. The van der Waals surface area contributed by atoms with Crippen molar-refractivity contribution < 1.29 is 19.4 Å². The van der Waals surface area contributed by atoms with E-state index in [1.165, 1.54) is 0 Å². The van der Waals surface area contributed by atoms with Gasteiger partial charge in [0.15, 0.2) is 6.61 Å². The Morgan fingerprint density at radius 1 is 0.962 bits per heavy atom. The smallest absolute Gasteiger partial charge is 0.341 e. The van der Waals surface area contributed by atoms with E-state index >= 15 is 0 Å². The van der Waals surface area contributed by atoms with Crippen molar-refractivity contribution in [1.82, 2.24) is 9.97 Å². The number of nitrogens with zero attached hydrogens (tertiary/aromatic N) is 2. The standard InChI is InChI=1S/C19H17N3O4/c1-25-14-6-2-12(3-7-14)16-10-17(22-19(20)21-16)13-4-8-15(9-5-13)26-11-18(23)24/h2-10H,11H2,1H3,(H,23,24)(H2,20,21,22). The summed E-state index contributed by atoms with van der Waals surface area (Å²) in [5.41, 5.74) is 8.93. The molecule has 0 atom stereocenters. The van der Waals surface area contributed by atoms with Gasteiger partial charge in [-0.05, 0) is 54.6 Å². The Morgan fingerprint density at radius 2 is 1.46 bits per heavy atom. The number of carbonyl (C=O) groups is 1. The van der Waals surface area contributed by atoms with Crippen molar-refractivity contribution in [3.8, 4) is 34.0 Å². The molecule has 7 heteroatoms. The number of hydrogen-bond acceptors (Lipinski definition) is 6. The highest BCUT2D eigenvalue weighted by molar-refractivity contribution is 5.70. The highest BCUT2D eigenvalue weighted by Crippen LogP contribution is 2.27. The minimum absolute atomic E-state index is 0.166. The molecule has 2 aromatic carbocycles. The molecule has 0 radical (unpaired) electrons. The van der Waals surface area contributed by atoms with Crippen LogP contribution in [-0.4, -0.2) is 34.8 Å². The number of anilines is 1. The van der Waals surface area contributed by atoms with Crippen molar-refractivity contribution in [3.63, 3.8) is 0 Å². The predicted molar refractivity (Wildman–Crippen MR) is 97.0 cm³/mol. The van der Waals surface area contributed by atoms with Gasteiger partial charge in [0.1, 0.15) is 11.5 Å². The number of carboxylic acids is 1. The zero-order valence-corrected chi connectivity index (χ0v) is 14.0. The van der Waals surface area contributed by atoms with Gasteiger partial charge in [0, 0.05) is 11.1 Å². The maximum atomic E-state index is 10.5. The summed E-state index contributed by atoms with van der Waals surface area (Å²) < 4.78 is 10.3. The second-order valence-electron chi connectivity index (χ2n) is 5.43. The molecular weight excluding hydrogens is 334 g/mol. The molecule has 0 aliphatic rings. The zero-order valence-electron chi connectivity index (χ0n) is 14.0. The third-order valence-corrected chi connectivity index (χ3v) is 3.64.